The Morgan fingerprint density at radius 3 is 1.56 bits per heavy atom. The van der Waals surface area contributed by atoms with Crippen molar-refractivity contribution in [3.63, 3.8) is 0 Å². The van der Waals surface area contributed by atoms with Crippen LogP contribution in [-0.4, -0.2) is 101 Å². The number of aliphatic carboxylic acids is 2. The van der Waals surface area contributed by atoms with Gasteiger partial charge in [-0.3, -0.25) is 19.2 Å². The van der Waals surface area contributed by atoms with Crippen LogP contribution in [0, 0.1) is 29.1 Å². The molecule has 0 heterocycles. The van der Waals surface area contributed by atoms with E-state index in [9.17, 15) is 29.4 Å². The van der Waals surface area contributed by atoms with E-state index in [1.807, 2.05) is 0 Å². The molecule has 0 spiro atoms. The molecule has 0 bridgehead atoms. The van der Waals surface area contributed by atoms with E-state index in [-0.39, 0.29) is 32.7 Å². The van der Waals surface area contributed by atoms with Gasteiger partial charge in [-0.15, -0.1) is 0 Å². The number of hydrogen-bond acceptors (Lipinski definition) is 8. The maximum absolute atomic E-state index is 12.6. The monoisotopic (exact) mass is 520 g/mol. The molecule has 12 heteroatoms. The van der Waals surface area contributed by atoms with Gasteiger partial charge in [0.15, 0.2) is 0 Å². The molecule has 0 aliphatic heterocycles. The molecule has 0 saturated heterocycles. The topological polar surface area (TPSA) is 170 Å². The lowest BCUT2D eigenvalue weighted by molar-refractivity contribution is -0.156. The minimum atomic E-state index is -1.21. The van der Waals surface area contributed by atoms with E-state index in [1.165, 1.54) is 13.8 Å². The zero-order chi connectivity index (χ0) is 27.7. The first-order valence-corrected chi connectivity index (χ1v) is 12.0. The van der Waals surface area contributed by atoms with E-state index in [0.29, 0.717) is 26.4 Å². The zero-order valence-electron chi connectivity index (χ0n) is 22.3. The highest BCUT2D eigenvalue weighted by molar-refractivity contribution is 5.86. The molecule has 0 aliphatic rings. The predicted molar refractivity (Wildman–Crippen MR) is 130 cm³/mol. The van der Waals surface area contributed by atoms with E-state index in [4.69, 9.17) is 18.9 Å². The van der Waals surface area contributed by atoms with E-state index >= 15 is 0 Å². The lowest BCUT2D eigenvalue weighted by Crippen LogP contribution is -2.46. The molecule has 0 radical (unpaired) electrons. The summed E-state index contributed by atoms with van der Waals surface area (Å²) in [5, 5.41) is 25.1. The van der Waals surface area contributed by atoms with Gasteiger partial charge in [-0.25, -0.2) is 0 Å². The first kappa shape index (κ1) is 33.7. The van der Waals surface area contributed by atoms with Gasteiger partial charge in [0.1, 0.15) is 0 Å². The summed E-state index contributed by atoms with van der Waals surface area (Å²) < 4.78 is 20.3. The van der Waals surface area contributed by atoms with Crippen LogP contribution in [0.25, 0.3) is 0 Å². The van der Waals surface area contributed by atoms with Crippen molar-refractivity contribution < 1.29 is 48.3 Å². The van der Waals surface area contributed by atoms with E-state index < -0.39 is 52.8 Å². The molecule has 0 aromatic heterocycles. The number of methoxy groups -OCH3 is 2. The molecule has 210 valence electrons. The molecule has 4 N–H and O–H groups in total. The molecular weight excluding hydrogens is 476 g/mol. The second kappa shape index (κ2) is 18.0. The van der Waals surface area contributed by atoms with Gasteiger partial charge in [0.2, 0.25) is 11.8 Å². The number of rotatable bonds is 21. The Kier molecular flexibility index (Phi) is 16.9. The van der Waals surface area contributed by atoms with Gasteiger partial charge in [-0.1, -0.05) is 27.7 Å². The summed E-state index contributed by atoms with van der Waals surface area (Å²) in [7, 11) is 3.09. The van der Waals surface area contributed by atoms with Crippen molar-refractivity contribution >= 4 is 23.8 Å². The predicted octanol–water partition coefficient (Wildman–Crippen LogP) is 0.635. The van der Waals surface area contributed by atoms with Crippen molar-refractivity contribution in [2.75, 3.05) is 67.0 Å². The van der Waals surface area contributed by atoms with Crippen LogP contribution in [0.4, 0.5) is 0 Å². The Labute approximate surface area is 213 Å². The molecule has 0 aromatic carbocycles. The zero-order valence-corrected chi connectivity index (χ0v) is 22.3. The fraction of sp³-hybridized carbons (Fsp3) is 0.833. The summed E-state index contributed by atoms with van der Waals surface area (Å²) in [6.45, 7) is 8.67. The van der Waals surface area contributed by atoms with Gasteiger partial charge < -0.3 is 39.8 Å². The average molecular weight is 521 g/mol. The quantitative estimate of drug-likeness (QED) is 0.157. The first-order chi connectivity index (χ1) is 16.9. The molecule has 0 saturated carbocycles. The number of carbonyl (C=O) groups excluding carboxylic acids is 2. The summed E-state index contributed by atoms with van der Waals surface area (Å²) in [5.41, 5.74) is -1.11. The Morgan fingerprint density at radius 1 is 0.722 bits per heavy atom. The normalized spacial score (nSPS) is 14.9. The van der Waals surface area contributed by atoms with Gasteiger partial charge in [0, 0.05) is 39.1 Å². The lowest BCUT2D eigenvalue weighted by Gasteiger charge is -2.37. The number of ether oxygens (including phenoxy) is 4. The van der Waals surface area contributed by atoms with Gasteiger partial charge >= 0.3 is 11.9 Å². The van der Waals surface area contributed by atoms with Crippen molar-refractivity contribution in [3.05, 3.63) is 0 Å². The van der Waals surface area contributed by atoms with Crippen LogP contribution in [0.5, 0.6) is 0 Å². The second-order valence-electron chi connectivity index (χ2n) is 9.32. The SMILES string of the molecule is COCCOCCNC(=O)C(C)C(CC(C)(C)C(C(=O)O)C(C)C(=O)NCCOCCOC)C(=O)O. The first-order valence-electron chi connectivity index (χ1n) is 12.0. The molecule has 4 unspecified atom stereocenters. The third-order valence-electron chi connectivity index (χ3n) is 6.06. The number of carboxylic acid groups (broad SMARTS) is 2. The minimum Gasteiger partial charge on any atom is -0.481 e. The second-order valence-corrected chi connectivity index (χ2v) is 9.32. The standard InChI is InChI=1S/C24H44N2O10/c1-16(20(27)25-7-9-35-13-11-33-5)18(22(29)30)15-24(3,4)19(23(31)32)17(2)21(28)26-8-10-36-14-12-34-6/h16-19H,7-15H2,1-6H3,(H,25,27)(H,26,28)(H,29,30)(H,31,32). The van der Waals surface area contributed by atoms with E-state index in [0.717, 1.165) is 0 Å². The Bertz CT molecular complexity index is 686. The van der Waals surface area contributed by atoms with Crippen molar-refractivity contribution in [2.24, 2.45) is 29.1 Å². The third-order valence-corrected chi connectivity index (χ3v) is 6.06. The molecule has 0 rings (SSSR count). The fourth-order valence-corrected chi connectivity index (χ4v) is 4.03. The van der Waals surface area contributed by atoms with Crippen molar-refractivity contribution in [2.45, 2.75) is 34.1 Å². The third kappa shape index (κ3) is 12.6. The summed E-state index contributed by atoms with van der Waals surface area (Å²) in [4.78, 5) is 49.4. The van der Waals surface area contributed by atoms with Crippen LogP contribution in [0.3, 0.4) is 0 Å². The molecule has 12 nitrogen and oxygen atoms in total. The number of hydrogen-bond donors (Lipinski definition) is 4. The molecule has 0 aliphatic carbocycles. The molecule has 36 heavy (non-hydrogen) atoms. The molecule has 0 fully saturated rings. The molecular formula is C24H44N2O10. The largest absolute Gasteiger partial charge is 0.481 e. The summed E-state index contributed by atoms with van der Waals surface area (Å²) in [6.07, 6.45) is -0.115. The molecule has 0 aromatic rings. The Hall–Kier alpha value is -2.28. The highest BCUT2D eigenvalue weighted by Crippen LogP contribution is 2.40. The highest BCUT2D eigenvalue weighted by atomic mass is 16.5. The van der Waals surface area contributed by atoms with Gasteiger partial charge in [-0.05, 0) is 11.8 Å². The highest BCUT2D eigenvalue weighted by Gasteiger charge is 2.45. The summed E-state index contributed by atoms with van der Waals surface area (Å²) in [5.74, 6) is -7.58. The van der Waals surface area contributed by atoms with Gasteiger partial charge in [-0.2, -0.15) is 0 Å². The van der Waals surface area contributed by atoms with Gasteiger partial charge in [0.05, 0.1) is 51.5 Å². The van der Waals surface area contributed by atoms with Gasteiger partial charge in [0.25, 0.3) is 0 Å². The van der Waals surface area contributed by atoms with Crippen molar-refractivity contribution in [1.29, 1.82) is 0 Å². The van der Waals surface area contributed by atoms with E-state index in [2.05, 4.69) is 10.6 Å². The number of amides is 2. The number of carbonyl (C=O) groups is 4. The summed E-state index contributed by atoms with van der Waals surface area (Å²) >= 11 is 0. The van der Waals surface area contributed by atoms with Crippen molar-refractivity contribution in [3.8, 4) is 0 Å². The maximum Gasteiger partial charge on any atom is 0.307 e. The van der Waals surface area contributed by atoms with Crippen LogP contribution in [-0.2, 0) is 38.1 Å². The van der Waals surface area contributed by atoms with Crippen LogP contribution in [0.2, 0.25) is 0 Å². The fourth-order valence-electron chi connectivity index (χ4n) is 4.03. The minimum absolute atomic E-state index is 0.115. The van der Waals surface area contributed by atoms with Crippen LogP contribution >= 0.6 is 0 Å². The molecule has 4 atom stereocenters. The summed E-state index contributed by atoms with van der Waals surface area (Å²) in [6, 6.07) is 0. The Morgan fingerprint density at radius 2 is 1.17 bits per heavy atom. The Balaban J connectivity index is 5.15. The molecule has 2 amide bonds. The van der Waals surface area contributed by atoms with Crippen LogP contribution in [0.1, 0.15) is 34.1 Å². The maximum atomic E-state index is 12.6. The smallest absolute Gasteiger partial charge is 0.307 e. The van der Waals surface area contributed by atoms with E-state index in [1.54, 1.807) is 28.1 Å². The number of carboxylic acids is 2. The number of nitrogens with one attached hydrogen (secondary N) is 2. The van der Waals surface area contributed by atoms with Crippen LogP contribution in [0.15, 0.2) is 0 Å². The van der Waals surface area contributed by atoms with Crippen LogP contribution < -0.4 is 10.6 Å². The van der Waals surface area contributed by atoms with Crippen molar-refractivity contribution in [1.82, 2.24) is 10.6 Å². The lowest BCUT2D eigenvalue weighted by atomic mass is 9.66. The average Bonchev–Trinajstić information content (AvgIpc) is 2.80.